The number of Topliss-reactive ketones (excluding diaryl/α,β-unsaturated/α-hetero) is 1. The molecule has 12 heavy (non-hydrogen) atoms. The Morgan fingerprint density at radius 3 is 2.42 bits per heavy atom. The molecule has 1 aliphatic carbocycles. The minimum atomic E-state index is -1.49. The first-order valence-corrected chi connectivity index (χ1v) is 3.86. The Morgan fingerprint density at radius 2 is 1.83 bits per heavy atom. The van der Waals surface area contributed by atoms with Crippen LogP contribution in [0.15, 0.2) is 0 Å². The first-order valence-electron chi connectivity index (χ1n) is 3.86. The summed E-state index contributed by atoms with van der Waals surface area (Å²) in [5, 5.41) is 27.5. The maximum atomic E-state index is 10.9. The van der Waals surface area contributed by atoms with E-state index in [1.807, 2.05) is 0 Å². The monoisotopic (exact) mass is 175 g/mol. The molecule has 0 spiro atoms. The zero-order chi connectivity index (χ0) is 9.30. The number of aliphatic hydroxyl groups excluding tert-OH is 3. The van der Waals surface area contributed by atoms with Crippen LogP contribution in [0.3, 0.4) is 0 Å². The Balaban J connectivity index is 2.75. The zero-order valence-corrected chi connectivity index (χ0v) is 6.55. The van der Waals surface area contributed by atoms with Crippen molar-refractivity contribution in [3.8, 4) is 0 Å². The molecule has 5 N–H and O–H groups in total. The maximum absolute atomic E-state index is 10.9. The molecule has 0 aromatic rings. The van der Waals surface area contributed by atoms with Crippen molar-refractivity contribution in [2.45, 2.75) is 37.2 Å². The molecule has 1 rings (SSSR count). The van der Waals surface area contributed by atoms with Crippen LogP contribution in [0, 0.1) is 0 Å². The quantitative estimate of drug-likeness (QED) is 0.312. The van der Waals surface area contributed by atoms with Gasteiger partial charge >= 0.3 is 0 Å². The van der Waals surface area contributed by atoms with E-state index in [0.717, 1.165) is 0 Å². The second kappa shape index (κ2) is 3.49. The lowest BCUT2D eigenvalue weighted by Crippen LogP contribution is -2.47. The van der Waals surface area contributed by atoms with Crippen LogP contribution in [0.5, 0.6) is 0 Å². The summed E-state index contributed by atoms with van der Waals surface area (Å²) in [5.41, 5.74) is 5.42. The third-order valence-corrected chi connectivity index (χ3v) is 2.17. The first kappa shape index (κ1) is 9.60. The highest BCUT2D eigenvalue weighted by atomic mass is 16.4. The molecular formula is C7H13NO4. The van der Waals surface area contributed by atoms with E-state index in [1.165, 1.54) is 0 Å². The fourth-order valence-electron chi connectivity index (χ4n) is 1.26. The number of hydrogen-bond donors (Lipinski definition) is 4. The summed E-state index contributed by atoms with van der Waals surface area (Å²) in [4.78, 5) is 10.9. The third kappa shape index (κ3) is 1.64. The van der Waals surface area contributed by atoms with Gasteiger partial charge in [0.25, 0.3) is 0 Å². The van der Waals surface area contributed by atoms with Gasteiger partial charge < -0.3 is 21.1 Å². The molecule has 0 aromatic carbocycles. The van der Waals surface area contributed by atoms with Crippen LogP contribution in [0.25, 0.3) is 0 Å². The lowest BCUT2D eigenvalue weighted by Gasteiger charge is -2.21. The van der Waals surface area contributed by atoms with Gasteiger partial charge in [0.15, 0.2) is 5.78 Å². The molecule has 5 nitrogen and oxygen atoms in total. The third-order valence-electron chi connectivity index (χ3n) is 2.17. The van der Waals surface area contributed by atoms with Gasteiger partial charge in [-0.2, -0.15) is 0 Å². The Hall–Kier alpha value is -0.490. The van der Waals surface area contributed by atoms with Crippen molar-refractivity contribution in [1.29, 1.82) is 0 Å². The molecule has 1 saturated carbocycles. The van der Waals surface area contributed by atoms with Crippen molar-refractivity contribution < 1.29 is 20.1 Å². The largest absolute Gasteiger partial charge is 0.389 e. The summed E-state index contributed by atoms with van der Waals surface area (Å²) in [7, 11) is 0. The van der Waals surface area contributed by atoms with Gasteiger partial charge in [0.1, 0.15) is 12.2 Å². The fraction of sp³-hybridized carbons (Fsp3) is 0.857. The number of carbonyl (C=O) groups is 1. The van der Waals surface area contributed by atoms with E-state index < -0.39 is 30.1 Å². The molecule has 0 bridgehead atoms. The van der Waals surface area contributed by atoms with Crippen LogP contribution in [-0.2, 0) is 4.79 Å². The summed E-state index contributed by atoms with van der Waals surface area (Å²) < 4.78 is 0. The molecule has 4 atom stereocenters. The molecule has 5 heteroatoms. The van der Waals surface area contributed by atoms with E-state index in [1.54, 1.807) is 0 Å². The van der Waals surface area contributed by atoms with Gasteiger partial charge in [0.05, 0.1) is 6.10 Å². The topological polar surface area (TPSA) is 104 Å². The van der Waals surface area contributed by atoms with E-state index in [-0.39, 0.29) is 6.42 Å². The number of hydrogen-bond acceptors (Lipinski definition) is 5. The predicted octanol–water partition coefficient (Wildman–Crippen LogP) is -2.24. The van der Waals surface area contributed by atoms with Crippen LogP contribution in [-0.4, -0.2) is 45.5 Å². The molecular weight excluding hydrogens is 162 g/mol. The SMILES string of the molecule is N[C@@H]1CCC(=O)[C@@H](O)[C@H](O)[C@H]1O. The van der Waals surface area contributed by atoms with Crippen molar-refractivity contribution in [3.63, 3.8) is 0 Å². The lowest BCUT2D eigenvalue weighted by molar-refractivity contribution is -0.136. The second-order valence-electron chi connectivity index (χ2n) is 3.09. The molecule has 1 aliphatic rings. The maximum Gasteiger partial charge on any atom is 0.164 e. The van der Waals surface area contributed by atoms with Crippen molar-refractivity contribution in [3.05, 3.63) is 0 Å². The van der Waals surface area contributed by atoms with Gasteiger partial charge in [-0.25, -0.2) is 0 Å². The van der Waals surface area contributed by atoms with Crippen molar-refractivity contribution in [1.82, 2.24) is 0 Å². The Kier molecular flexibility index (Phi) is 2.79. The standard InChI is InChI=1S/C7H13NO4/c8-3-1-2-4(9)6(11)7(12)5(3)10/h3,5-7,10-12H,1-2,8H2/t3-,5+,6-,7-/m1/s1. The highest BCUT2D eigenvalue weighted by molar-refractivity contribution is 5.83. The Labute approximate surface area is 69.8 Å². The number of aliphatic hydroxyl groups is 3. The van der Waals surface area contributed by atoms with Crippen LogP contribution in [0.2, 0.25) is 0 Å². The zero-order valence-electron chi connectivity index (χ0n) is 6.55. The molecule has 70 valence electrons. The van der Waals surface area contributed by atoms with Crippen molar-refractivity contribution in [2.24, 2.45) is 5.73 Å². The molecule has 0 unspecified atom stereocenters. The number of rotatable bonds is 0. The molecule has 0 saturated heterocycles. The van der Waals surface area contributed by atoms with E-state index in [9.17, 15) is 9.90 Å². The van der Waals surface area contributed by atoms with E-state index in [2.05, 4.69) is 0 Å². The summed E-state index contributed by atoms with van der Waals surface area (Å²) in [6.07, 6.45) is -3.75. The summed E-state index contributed by atoms with van der Waals surface area (Å²) in [5.74, 6) is -0.463. The summed E-state index contributed by atoms with van der Waals surface area (Å²) in [6.45, 7) is 0. The fourth-order valence-corrected chi connectivity index (χ4v) is 1.26. The number of ketones is 1. The molecule has 0 radical (unpaired) electrons. The van der Waals surface area contributed by atoms with Gasteiger partial charge in [0, 0.05) is 12.5 Å². The Bertz CT molecular complexity index is 184. The molecule has 0 amide bonds. The summed E-state index contributed by atoms with van der Waals surface area (Å²) in [6, 6.07) is -0.638. The normalized spacial score (nSPS) is 44.2. The van der Waals surface area contributed by atoms with Crippen LogP contribution < -0.4 is 5.73 Å². The predicted molar refractivity (Wildman–Crippen MR) is 40.2 cm³/mol. The van der Waals surface area contributed by atoms with Gasteiger partial charge in [-0.3, -0.25) is 4.79 Å². The van der Waals surface area contributed by atoms with Crippen LogP contribution in [0.1, 0.15) is 12.8 Å². The smallest absolute Gasteiger partial charge is 0.164 e. The molecule has 0 heterocycles. The van der Waals surface area contributed by atoms with Gasteiger partial charge in [-0.05, 0) is 6.42 Å². The van der Waals surface area contributed by atoms with E-state index in [0.29, 0.717) is 6.42 Å². The second-order valence-corrected chi connectivity index (χ2v) is 3.09. The highest BCUT2D eigenvalue weighted by Gasteiger charge is 2.36. The average molecular weight is 175 g/mol. The van der Waals surface area contributed by atoms with Crippen molar-refractivity contribution in [2.75, 3.05) is 0 Å². The lowest BCUT2D eigenvalue weighted by atomic mass is 10.0. The minimum absolute atomic E-state index is 0.108. The number of carbonyl (C=O) groups excluding carboxylic acids is 1. The van der Waals surface area contributed by atoms with Gasteiger partial charge in [-0.15, -0.1) is 0 Å². The van der Waals surface area contributed by atoms with Crippen molar-refractivity contribution >= 4 is 5.78 Å². The summed E-state index contributed by atoms with van der Waals surface area (Å²) >= 11 is 0. The van der Waals surface area contributed by atoms with E-state index in [4.69, 9.17) is 15.9 Å². The van der Waals surface area contributed by atoms with E-state index >= 15 is 0 Å². The molecule has 0 aliphatic heterocycles. The number of nitrogens with two attached hydrogens (primary N) is 1. The Morgan fingerprint density at radius 1 is 1.25 bits per heavy atom. The molecule has 1 fully saturated rings. The molecule has 0 aromatic heterocycles. The van der Waals surface area contributed by atoms with Gasteiger partial charge in [-0.1, -0.05) is 0 Å². The first-order chi connectivity index (χ1) is 5.54. The van der Waals surface area contributed by atoms with Crippen LogP contribution >= 0.6 is 0 Å². The van der Waals surface area contributed by atoms with Gasteiger partial charge in [0.2, 0.25) is 0 Å². The minimum Gasteiger partial charge on any atom is -0.389 e. The van der Waals surface area contributed by atoms with Crippen LogP contribution in [0.4, 0.5) is 0 Å². The average Bonchev–Trinajstić information content (AvgIpc) is 2.14. The highest BCUT2D eigenvalue weighted by Crippen LogP contribution is 2.15.